The molecule has 19 heavy (non-hydrogen) atoms. The molecule has 1 saturated carbocycles. The Kier molecular flexibility index (Phi) is 4.67. The molecule has 0 saturated heterocycles. The molecule has 0 aliphatic heterocycles. The Balaban J connectivity index is 1.96. The molecule has 1 atom stereocenters. The number of hydrogen-bond acceptors (Lipinski definition) is 5. The molecule has 9 heteroatoms. The number of hydrogen-bond donors (Lipinski definition) is 1. The lowest BCUT2D eigenvalue weighted by Gasteiger charge is -2.22. The molecule has 1 aliphatic rings. The highest BCUT2D eigenvalue weighted by molar-refractivity contribution is 7.99. The fourth-order valence-corrected chi connectivity index (χ4v) is 2.99. The van der Waals surface area contributed by atoms with Crippen LogP contribution in [0.2, 0.25) is 0 Å². The molecule has 0 amide bonds. The Morgan fingerprint density at radius 3 is 2.63 bits per heavy atom. The molecule has 0 radical (unpaired) electrons. The summed E-state index contributed by atoms with van der Waals surface area (Å²) in [6.45, 7) is 0. The Morgan fingerprint density at radius 2 is 2.00 bits per heavy atom. The number of aliphatic hydroxyl groups excluding tert-OH is 1. The van der Waals surface area contributed by atoms with E-state index in [9.17, 15) is 13.2 Å². The second kappa shape index (κ2) is 6.08. The molecule has 5 nitrogen and oxygen atoms in total. The van der Waals surface area contributed by atoms with Gasteiger partial charge in [-0.2, -0.15) is 13.2 Å². The normalized spacial score (nSPS) is 19.6. The van der Waals surface area contributed by atoms with Gasteiger partial charge in [-0.1, -0.05) is 31.0 Å². The molecule has 0 bridgehead atoms. The van der Waals surface area contributed by atoms with Crippen LogP contribution in [0.25, 0.3) is 0 Å². The minimum absolute atomic E-state index is 0.161. The maximum atomic E-state index is 12.2. The monoisotopic (exact) mass is 296 g/mol. The van der Waals surface area contributed by atoms with Gasteiger partial charge in [-0.05, 0) is 23.3 Å². The van der Waals surface area contributed by atoms with Crippen LogP contribution >= 0.6 is 11.8 Å². The molecule has 0 spiro atoms. The lowest BCUT2D eigenvalue weighted by molar-refractivity contribution is -0.195. The molecule has 108 valence electrons. The van der Waals surface area contributed by atoms with Crippen LogP contribution in [0, 0.1) is 0 Å². The molecule has 1 aromatic heterocycles. The van der Waals surface area contributed by atoms with Crippen LogP contribution in [0.4, 0.5) is 13.2 Å². The minimum atomic E-state index is -4.60. The molecular weight excluding hydrogens is 281 g/mol. The third-order valence-electron chi connectivity index (χ3n) is 3.13. The molecule has 1 aliphatic carbocycles. The van der Waals surface area contributed by atoms with E-state index in [-0.39, 0.29) is 6.04 Å². The van der Waals surface area contributed by atoms with Gasteiger partial charge in [-0.15, -0.1) is 5.10 Å². The van der Waals surface area contributed by atoms with E-state index < -0.39 is 18.0 Å². The number of aliphatic hydroxyl groups is 1. The smallest absolute Gasteiger partial charge is 0.383 e. The van der Waals surface area contributed by atoms with Crippen molar-refractivity contribution in [3.05, 3.63) is 0 Å². The van der Waals surface area contributed by atoms with Crippen LogP contribution in [0.1, 0.15) is 38.1 Å². The highest BCUT2D eigenvalue weighted by Gasteiger charge is 2.38. The summed E-state index contributed by atoms with van der Waals surface area (Å²) in [7, 11) is 0. The molecule has 1 heterocycles. The van der Waals surface area contributed by atoms with Gasteiger partial charge in [0, 0.05) is 5.75 Å². The van der Waals surface area contributed by atoms with Gasteiger partial charge in [-0.3, -0.25) is 0 Å². The van der Waals surface area contributed by atoms with Crippen molar-refractivity contribution in [3.8, 4) is 0 Å². The Hall–Kier alpha value is -0.830. The average molecular weight is 296 g/mol. The van der Waals surface area contributed by atoms with Crippen molar-refractivity contribution >= 4 is 11.8 Å². The van der Waals surface area contributed by atoms with Crippen LogP contribution in [0.15, 0.2) is 5.16 Å². The van der Waals surface area contributed by atoms with E-state index in [0.29, 0.717) is 5.16 Å². The van der Waals surface area contributed by atoms with Crippen molar-refractivity contribution in [1.29, 1.82) is 0 Å². The molecular formula is C10H15F3N4OS. The summed E-state index contributed by atoms with van der Waals surface area (Å²) in [4.78, 5) is 0. The van der Waals surface area contributed by atoms with Crippen molar-refractivity contribution in [2.75, 3.05) is 5.75 Å². The molecule has 0 aromatic carbocycles. The highest BCUT2D eigenvalue weighted by atomic mass is 32.2. The third kappa shape index (κ3) is 3.82. The van der Waals surface area contributed by atoms with E-state index in [2.05, 4.69) is 15.5 Å². The maximum Gasteiger partial charge on any atom is 0.415 e. The predicted octanol–water partition coefficient (Wildman–Crippen LogP) is 2.19. The van der Waals surface area contributed by atoms with Gasteiger partial charge in [-0.25, -0.2) is 4.68 Å². The number of alkyl halides is 3. The number of thioether (sulfide) groups is 1. The van der Waals surface area contributed by atoms with Crippen molar-refractivity contribution in [2.24, 2.45) is 0 Å². The van der Waals surface area contributed by atoms with E-state index in [4.69, 9.17) is 5.11 Å². The Labute approximate surface area is 112 Å². The summed E-state index contributed by atoms with van der Waals surface area (Å²) in [5.41, 5.74) is 0. The van der Waals surface area contributed by atoms with Crippen molar-refractivity contribution in [2.45, 2.75) is 55.6 Å². The molecule has 1 N–H and O–H groups in total. The van der Waals surface area contributed by atoms with Crippen molar-refractivity contribution in [1.82, 2.24) is 20.2 Å². The second-order valence-electron chi connectivity index (χ2n) is 4.57. The number of halogens is 3. The summed E-state index contributed by atoms with van der Waals surface area (Å²) in [6.07, 6.45) is -1.72. The first-order valence-corrected chi connectivity index (χ1v) is 7.12. The van der Waals surface area contributed by atoms with Gasteiger partial charge >= 0.3 is 6.18 Å². The third-order valence-corrected chi connectivity index (χ3v) is 4.14. The van der Waals surface area contributed by atoms with Gasteiger partial charge in [0.1, 0.15) is 0 Å². The lowest BCUT2D eigenvalue weighted by atomic mass is 9.96. The van der Waals surface area contributed by atoms with Crippen LogP contribution in [-0.4, -0.2) is 43.3 Å². The first kappa shape index (κ1) is 14.6. The minimum Gasteiger partial charge on any atom is -0.383 e. The molecule has 2 rings (SSSR count). The molecule has 1 fully saturated rings. The Bertz CT molecular complexity index is 406. The quantitative estimate of drug-likeness (QED) is 0.863. The van der Waals surface area contributed by atoms with Crippen LogP contribution in [0.5, 0.6) is 0 Å². The summed E-state index contributed by atoms with van der Waals surface area (Å²) < 4.78 is 38.2. The summed E-state index contributed by atoms with van der Waals surface area (Å²) in [6, 6.07) is 0.161. The lowest BCUT2D eigenvalue weighted by Crippen LogP contribution is -2.30. The van der Waals surface area contributed by atoms with E-state index in [1.165, 1.54) is 6.42 Å². The molecule has 0 unspecified atom stereocenters. The van der Waals surface area contributed by atoms with Gasteiger partial charge in [0.15, 0.2) is 6.10 Å². The van der Waals surface area contributed by atoms with Crippen LogP contribution in [0.3, 0.4) is 0 Å². The first-order valence-electron chi connectivity index (χ1n) is 6.14. The Morgan fingerprint density at radius 1 is 1.32 bits per heavy atom. The van der Waals surface area contributed by atoms with Crippen molar-refractivity contribution < 1.29 is 18.3 Å². The first-order chi connectivity index (χ1) is 8.98. The zero-order chi connectivity index (χ0) is 13.9. The van der Waals surface area contributed by atoms with Gasteiger partial charge in [0.25, 0.3) is 0 Å². The second-order valence-corrected chi connectivity index (χ2v) is 5.55. The molecule has 1 aromatic rings. The largest absolute Gasteiger partial charge is 0.415 e. The van der Waals surface area contributed by atoms with Crippen molar-refractivity contribution in [3.63, 3.8) is 0 Å². The van der Waals surface area contributed by atoms with Gasteiger partial charge < -0.3 is 5.11 Å². The standard InChI is InChI=1S/C10H15F3N4OS/c11-10(12,13)8(18)6-19-9-14-15-16-17(9)7-4-2-1-3-5-7/h7-8,18H,1-6H2/t8-/m0/s1. The highest BCUT2D eigenvalue weighted by Crippen LogP contribution is 2.31. The summed E-state index contributed by atoms with van der Waals surface area (Å²) in [5, 5.41) is 20.4. The predicted molar refractivity (Wildman–Crippen MR) is 62.7 cm³/mol. The van der Waals surface area contributed by atoms with E-state index in [1.807, 2.05) is 0 Å². The zero-order valence-electron chi connectivity index (χ0n) is 10.2. The number of rotatable bonds is 4. The number of nitrogens with zero attached hydrogens (tertiary/aromatic N) is 4. The van der Waals surface area contributed by atoms with E-state index >= 15 is 0 Å². The fourth-order valence-electron chi connectivity index (χ4n) is 2.08. The van der Waals surface area contributed by atoms with Gasteiger partial charge in [0.05, 0.1) is 6.04 Å². The SMILES string of the molecule is O[C@@H](CSc1nnnn1C1CCCCC1)C(F)(F)F. The van der Waals surface area contributed by atoms with E-state index in [0.717, 1.165) is 37.4 Å². The summed E-state index contributed by atoms with van der Waals surface area (Å²) >= 11 is 0.839. The summed E-state index contributed by atoms with van der Waals surface area (Å²) in [5.74, 6) is -0.489. The fraction of sp³-hybridized carbons (Fsp3) is 0.900. The number of tetrazole rings is 1. The van der Waals surface area contributed by atoms with E-state index in [1.54, 1.807) is 4.68 Å². The average Bonchev–Trinajstić information content (AvgIpc) is 2.84. The van der Waals surface area contributed by atoms with Crippen LogP contribution < -0.4 is 0 Å². The zero-order valence-corrected chi connectivity index (χ0v) is 11.0. The number of aromatic nitrogens is 4. The van der Waals surface area contributed by atoms with Crippen LogP contribution in [-0.2, 0) is 0 Å². The topological polar surface area (TPSA) is 63.8 Å². The van der Waals surface area contributed by atoms with Gasteiger partial charge in [0.2, 0.25) is 5.16 Å². The maximum absolute atomic E-state index is 12.2.